The summed E-state index contributed by atoms with van der Waals surface area (Å²) in [5.74, 6) is -2.44. The topological polar surface area (TPSA) is 124 Å². The maximum absolute atomic E-state index is 11.3. The van der Waals surface area contributed by atoms with Gasteiger partial charge in [0, 0.05) is 24.3 Å². The van der Waals surface area contributed by atoms with Gasteiger partial charge < -0.3 is 20.6 Å². The number of aliphatic hydroxyl groups is 1. The molecular weight excluding hydrogens is 441 g/mol. The van der Waals surface area contributed by atoms with Gasteiger partial charge in [0.05, 0.1) is 6.10 Å². The van der Waals surface area contributed by atoms with Crippen LogP contribution in [0.1, 0.15) is 65.2 Å². The van der Waals surface area contributed by atoms with E-state index in [4.69, 9.17) is 5.11 Å². The third kappa shape index (κ3) is 18.9. The highest BCUT2D eigenvalue weighted by Crippen LogP contribution is 2.21. The lowest BCUT2D eigenvalue weighted by Gasteiger charge is -2.21. The zero-order chi connectivity index (χ0) is 24.9. The summed E-state index contributed by atoms with van der Waals surface area (Å²) in [4.78, 5) is 33.3. The molecule has 186 valence electrons. The number of aliphatic hydroxyl groups excluding tert-OH is 1. The van der Waals surface area contributed by atoms with Crippen LogP contribution in [0.4, 0.5) is 0 Å². The van der Waals surface area contributed by atoms with Crippen LogP contribution in [-0.2, 0) is 14.4 Å². The van der Waals surface area contributed by atoms with Crippen molar-refractivity contribution >= 4 is 29.6 Å². The van der Waals surface area contributed by atoms with Crippen molar-refractivity contribution in [2.45, 2.75) is 82.6 Å². The van der Waals surface area contributed by atoms with Crippen molar-refractivity contribution in [1.82, 2.24) is 5.32 Å². The van der Waals surface area contributed by atoms with Gasteiger partial charge in [0.15, 0.2) is 0 Å². The summed E-state index contributed by atoms with van der Waals surface area (Å²) in [6, 6.07) is -1.07. The number of carbonyl (C=O) groups is 3. The number of amides is 1. The Kier molecular flexibility index (Phi) is 18.9. The molecule has 0 aromatic heterocycles. The number of rotatable bonds is 19. The molecule has 0 aliphatic heterocycles. The number of hydrogen-bond acceptors (Lipinski definition) is 5. The molecule has 8 heteroatoms. The van der Waals surface area contributed by atoms with Crippen molar-refractivity contribution in [1.29, 1.82) is 0 Å². The number of thioether (sulfide) groups is 1. The monoisotopic (exact) mass is 480 g/mol. The van der Waals surface area contributed by atoms with Crippen molar-refractivity contribution in [3.8, 4) is 0 Å². The molecule has 0 aliphatic carbocycles. The first-order valence-corrected chi connectivity index (χ1v) is 12.5. The van der Waals surface area contributed by atoms with E-state index >= 15 is 0 Å². The number of carbonyl (C=O) groups excluding carboxylic acids is 1. The fourth-order valence-corrected chi connectivity index (χ4v) is 4.01. The van der Waals surface area contributed by atoms with E-state index in [1.165, 1.54) is 37.9 Å². The van der Waals surface area contributed by atoms with Crippen LogP contribution in [0.5, 0.6) is 0 Å². The summed E-state index contributed by atoms with van der Waals surface area (Å²) < 4.78 is 0. The van der Waals surface area contributed by atoms with Crippen molar-refractivity contribution in [2.24, 2.45) is 0 Å². The molecule has 3 atom stereocenters. The van der Waals surface area contributed by atoms with E-state index in [0.29, 0.717) is 6.42 Å². The van der Waals surface area contributed by atoms with Crippen LogP contribution in [-0.4, -0.2) is 56.3 Å². The Hall–Kier alpha value is -2.32. The highest BCUT2D eigenvalue weighted by molar-refractivity contribution is 8.00. The number of carboxylic acid groups (broad SMARTS) is 2. The molecule has 33 heavy (non-hydrogen) atoms. The maximum Gasteiger partial charge on any atom is 0.327 e. The predicted molar refractivity (Wildman–Crippen MR) is 134 cm³/mol. The molecular formula is C25H39NO6S. The Balaban J connectivity index is 4.78. The van der Waals surface area contributed by atoms with Gasteiger partial charge in [0.25, 0.3) is 0 Å². The van der Waals surface area contributed by atoms with Gasteiger partial charge in [0.1, 0.15) is 6.04 Å². The van der Waals surface area contributed by atoms with Gasteiger partial charge >= 0.3 is 11.9 Å². The fourth-order valence-electron chi connectivity index (χ4n) is 2.81. The molecule has 0 aliphatic rings. The Bertz CT molecular complexity index is 686. The van der Waals surface area contributed by atoms with Gasteiger partial charge in [-0.05, 0) is 32.1 Å². The van der Waals surface area contributed by atoms with Crippen LogP contribution in [0.3, 0.4) is 0 Å². The molecule has 0 rings (SSSR count). The van der Waals surface area contributed by atoms with Crippen LogP contribution < -0.4 is 5.32 Å². The van der Waals surface area contributed by atoms with Gasteiger partial charge in [-0.15, -0.1) is 11.8 Å². The van der Waals surface area contributed by atoms with Gasteiger partial charge in [0.2, 0.25) is 5.91 Å². The Morgan fingerprint density at radius 1 is 0.970 bits per heavy atom. The smallest absolute Gasteiger partial charge is 0.327 e. The summed E-state index contributed by atoms with van der Waals surface area (Å²) >= 11 is 1.21. The number of carboxylic acids is 2. The molecule has 0 heterocycles. The van der Waals surface area contributed by atoms with Crippen molar-refractivity contribution in [3.63, 3.8) is 0 Å². The highest BCUT2D eigenvalue weighted by atomic mass is 32.2. The minimum Gasteiger partial charge on any atom is -0.481 e. The van der Waals surface area contributed by atoms with E-state index in [1.54, 1.807) is 12.2 Å². The third-order valence-corrected chi connectivity index (χ3v) is 5.97. The van der Waals surface area contributed by atoms with Crippen LogP contribution in [0.15, 0.2) is 48.6 Å². The Morgan fingerprint density at radius 3 is 2.33 bits per heavy atom. The molecule has 7 nitrogen and oxygen atoms in total. The van der Waals surface area contributed by atoms with E-state index in [9.17, 15) is 24.6 Å². The fraction of sp³-hybridized carbons (Fsp3) is 0.560. The summed E-state index contributed by atoms with van der Waals surface area (Å²) in [6.45, 7) is 3.44. The van der Waals surface area contributed by atoms with Crippen LogP contribution in [0.25, 0.3) is 0 Å². The largest absolute Gasteiger partial charge is 0.481 e. The molecule has 4 N–H and O–H groups in total. The normalized spacial score (nSPS) is 14.9. The lowest BCUT2D eigenvalue weighted by Crippen LogP contribution is -2.42. The zero-order valence-corrected chi connectivity index (χ0v) is 20.5. The molecule has 0 saturated heterocycles. The van der Waals surface area contributed by atoms with Crippen molar-refractivity contribution in [2.75, 3.05) is 5.75 Å². The average Bonchev–Trinajstić information content (AvgIpc) is 2.74. The van der Waals surface area contributed by atoms with E-state index in [1.807, 2.05) is 24.3 Å². The molecule has 0 saturated carbocycles. The van der Waals surface area contributed by atoms with E-state index in [0.717, 1.165) is 12.8 Å². The quantitative estimate of drug-likeness (QED) is 0.122. The van der Waals surface area contributed by atoms with E-state index in [2.05, 4.69) is 24.4 Å². The molecule has 0 spiro atoms. The van der Waals surface area contributed by atoms with E-state index < -0.39 is 35.2 Å². The van der Waals surface area contributed by atoms with Crippen molar-refractivity contribution in [3.05, 3.63) is 48.6 Å². The molecule has 0 bridgehead atoms. The predicted octanol–water partition coefficient (Wildman–Crippen LogP) is 4.49. The first kappa shape index (κ1) is 30.7. The van der Waals surface area contributed by atoms with Gasteiger partial charge in [-0.3, -0.25) is 9.59 Å². The third-order valence-electron chi connectivity index (χ3n) is 4.58. The SMILES string of the molecule is CCCCC/C=C\C\C=C/C=C/C=C/[C@@H](SCC(N[11C](C)=O)C(=O)O)[C@@H](O)CCCC(=O)O. The number of hydrogen-bond donors (Lipinski definition) is 4. The second-order valence-electron chi connectivity index (χ2n) is 7.64. The molecule has 0 fully saturated rings. The Morgan fingerprint density at radius 2 is 1.70 bits per heavy atom. The zero-order valence-electron chi connectivity index (χ0n) is 19.7. The highest BCUT2D eigenvalue weighted by Gasteiger charge is 2.23. The molecule has 0 radical (unpaired) electrons. The summed E-state index contributed by atoms with van der Waals surface area (Å²) in [5, 5.41) is 30.5. The lowest BCUT2D eigenvalue weighted by molar-refractivity contribution is -0.140. The number of nitrogens with one attached hydrogen (secondary N) is 1. The second-order valence-corrected chi connectivity index (χ2v) is 8.85. The van der Waals surface area contributed by atoms with Gasteiger partial charge in [-0.2, -0.15) is 0 Å². The summed E-state index contributed by atoms with van der Waals surface area (Å²) in [6.07, 6.45) is 20.9. The molecule has 1 amide bonds. The van der Waals surface area contributed by atoms with E-state index in [-0.39, 0.29) is 18.6 Å². The van der Waals surface area contributed by atoms with Crippen LogP contribution >= 0.6 is 11.8 Å². The lowest BCUT2D eigenvalue weighted by atomic mass is 10.1. The minimum absolute atomic E-state index is 0.0421. The van der Waals surface area contributed by atoms with Crippen molar-refractivity contribution < 1.29 is 29.7 Å². The maximum atomic E-state index is 11.3. The second kappa shape index (κ2) is 20.3. The number of unbranched alkanes of at least 4 members (excludes halogenated alkanes) is 3. The first-order chi connectivity index (χ1) is 15.8. The summed E-state index contributed by atoms with van der Waals surface area (Å²) in [5.41, 5.74) is 0. The number of aliphatic carboxylic acids is 2. The minimum atomic E-state index is -1.15. The van der Waals surface area contributed by atoms with Gasteiger partial charge in [-0.1, -0.05) is 68.4 Å². The van der Waals surface area contributed by atoms with Gasteiger partial charge in [-0.25, -0.2) is 4.79 Å². The molecule has 1 unspecified atom stereocenters. The number of allylic oxidation sites excluding steroid dienone is 7. The van der Waals surface area contributed by atoms with Crippen LogP contribution in [0.2, 0.25) is 0 Å². The van der Waals surface area contributed by atoms with Crippen LogP contribution in [0, 0.1) is 0 Å². The Labute approximate surface area is 201 Å². The average molecular weight is 481 g/mol. The molecule has 0 aromatic rings. The molecule has 0 aromatic carbocycles. The summed E-state index contributed by atoms with van der Waals surface area (Å²) in [7, 11) is 0. The first-order valence-electron chi connectivity index (χ1n) is 11.4. The standard InChI is InChI=1S/C25H39NO6S/c1-3-4-5-6-7-8-9-10-11-12-13-14-17-23(22(28)16-15-18-24(29)30)33-19-21(25(31)32)26-20(2)27/h7-8,10-14,17,21-23,28H,3-6,9,15-16,18-19H2,1-2H3,(H,26,27)(H,29,30)(H,31,32)/b8-7-,11-10-,13-12+,17-14+/t21?,22-,23+/m0/s1/i20-1.